The Hall–Kier alpha value is -1.13. The summed E-state index contributed by atoms with van der Waals surface area (Å²) in [5, 5.41) is 0. The third-order valence-electron chi connectivity index (χ3n) is 3.85. The molecule has 0 N–H and O–H groups in total. The van der Waals surface area contributed by atoms with Gasteiger partial charge in [-0.1, -0.05) is 26.7 Å². The number of ether oxygens (including phenoxy) is 1. The fraction of sp³-hybridized carbons (Fsp3) is 0.938. The fourth-order valence-corrected chi connectivity index (χ4v) is 2.06. The molecular weight excluding hydrogens is 390 g/mol. The van der Waals surface area contributed by atoms with Crippen LogP contribution in [0.2, 0.25) is 0 Å². The molecule has 0 fully saturated rings. The van der Waals surface area contributed by atoms with E-state index in [2.05, 4.69) is 4.74 Å². The number of unbranched alkanes of at least 4 members (excludes halogenated alkanes) is 2. The summed E-state index contributed by atoms with van der Waals surface area (Å²) in [6.07, 6.45) is -2.00. The second kappa shape index (κ2) is 11.0. The van der Waals surface area contributed by atoms with E-state index in [1.807, 2.05) is 18.7 Å². The van der Waals surface area contributed by atoms with Crippen LogP contribution < -0.4 is 0 Å². The van der Waals surface area contributed by atoms with Gasteiger partial charge in [0, 0.05) is 6.54 Å². The number of esters is 1. The zero-order valence-corrected chi connectivity index (χ0v) is 15.2. The average Bonchev–Trinajstić information content (AvgIpc) is 2.58. The fourth-order valence-electron chi connectivity index (χ4n) is 2.06. The Morgan fingerprint density at radius 2 is 1.41 bits per heavy atom. The molecule has 0 saturated carbocycles. The third kappa shape index (κ3) is 7.42. The van der Waals surface area contributed by atoms with Crippen molar-refractivity contribution in [3.63, 3.8) is 0 Å². The highest BCUT2D eigenvalue weighted by molar-refractivity contribution is 5.69. The van der Waals surface area contributed by atoms with Gasteiger partial charge < -0.3 is 9.64 Å². The first-order chi connectivity index (χ1) is 12.3. The normalized spacial score (nSPS) is 13.5. The molecule has 162 valence electrons. The Bertz CT molecular complexity index is 438. The summed E-state index contributed by atoms with van der Waals surface area (Å²) in [5.74, 6) is -19.6. The van der Waals surface area contributed by atoms with Gasteiger partial charge in [-0.05, 0) is 25.9 Å². The number of carbonyl (C=O) groups is 1. The van der Waals surface area contributed by atoms with Crippen LogP contribution in [-0.2, 0) is 9.53 Å². The molecule has 0 atom stereocenters. The van der Waals surface area contributed by atoms with E-state index in [-0.39, 0.29) is 6.54 Å². The van der Waals surface area contributed by atoms with Gasteiger partial charge in [0.25, 0.3) is 0 Å². The van der Waals surface area contributed by atoms with E-state index in [0.717, 1.165) is 25.7 Å². The highest BCUT2D eigenvalue weighted by atomic mass is 19.4. The SMILES string of the molecule is CCCCN(CCCC)CCC(=O)OCC(F)(F)C(F)(F)C(F)(F)C(F)F. The summed E-state index contributed by atoms with van der Waals surface area (Å²) in [4.78, 5) is 13.4. The van der Waals surface area contributed by atoms with E-state index in [0.29, 0.717) is 13.1 Å². The van der Waals surface area contributed by atoms with Gasteiger partial charge in [-0.2, -0.15) is 26.3 Å². The van der Waals surface area contributed by atoms with Crippen LogP contribution in [0, 0.1) is 0 Å². The minimum Gasteiger partial charge on any atom is -0.459 e. The number of halogens is 8. The van der Waals surface area contributed by atoms with Crippen molar-refractivity contribution in [3.05, 3.63) is 0 Å². The summed E-state index contributed by atoms with van der Waals surface area (Å²) in [6.45, 7) is 2.88. The molecular formula is C16H25F8NO2. The molecule has 0 aromatic rings. The van der Waals surface area contributed by atoms with Crippen LogP contribution in [0.4, 0.5) is 35.1 Å². The lowest BCUT2D eigenvalue weighted by atomic mass is 10.1. The smallest absolute Gasteiger partial charge is 0.381 e. The quantitative estimate of drug-likeness (QED) is 0.296. The van der Waals surface area contributed by atoms with Crippen LogP contribution >= 0.6 is 0 Å². The molecule has 0 radical (unpaired) electrons. The largest absolute Gasteiger partial charge is 0.459 e. The number of nitrogens with zero attached hydrogens (tertiary/aromatic N) is 1. The zero-order chi connectivity index (χ0) is 21.3. The van der Waals surface area contributed by atoms with E-state index in [4.69, 9.17) is 0 Å². The van der Waals surface area contributed by atoms with E-state index in [9.17, 15) is 39.9 Å². The highest BCUT2D eigenvalue weighted by Gasteiger charge is 2.75. The topological polar surface area (TPSA) is 29.5 Å². The first-order valence-corrected chi connectivity index (χ1v) is 8.63. The number of hydrogen-bond donors (Lipinski definition) is 0. The van der Waals surface area contributed by atoms with Gasteiger partial charge in [0.05, 0.1) is 6.42 Å². The summed E-state index contributed by atoms with van der Waals surface area (Å²) in [6, 6.07) is 0. The van der Waals surface area contributed by atoms with Crippen molar-refractivity contribution in [2.24, 2.45) is 0 Å². The second-order valence-electron chi connectivity index (χ2n) is 6.16. The van der Waals surface area contributed by atoms with Gasteiger partial charge in [0.15, 0.2) is 6.61 Å². The molecule has 0 aliphatic carbocycles. The molecule has 0 saturated heterocycles. The van der Waals surface area contributed by atoms with Gasteiger partial charge in [0.1, 0.15) is 0 Å². The number of carbonyl (C=O) groups excluding carboxylic acids is 1. The molecule has 0 unspecified atom stereocenters. The van der Waals surface area contributed by atoms with Crippen LogP contribution in [0.15, 0.2) is 0 Å². The molecule has 0 rings (SSSR count). The lowest BCUT2D eigenvalue weighted by Crippen LogP contribution is -2.59. The van der Waals surface area contributed by atoms with Crippen LogP contribution in [0.25, 0.3) is 0 Å². The van der Waals surface area contributed by atoms with Crippen molar-refractivity contribution in [1.82, 2.24) is 4.90 Å². The summed E-state index contributed by atoms with van der Waals surface area (Å²) < 4.78 is 106. The van der Waals surface area contributed by atoms with Gasteiger partial charge in [-0.25, -0.2) is 8.78 Å². The van der Waals surface area contributed by atoms with E-state index in [1.54, 1.807) is 0 Å². The number of hydrogen-bond acceptors (Lipinski definition) is 3. The van der Waals surface area contributed by atoms with Crippen LogP contribution in [0.1, 0.15) is 46.0 Å². The van der Waals surface area contributed by atoms with E-state index in [1.165, 1.54) is 0 Å². The average molecular weight is 415 g/mol. The highest BCUT2D eigenvalue weighted by Crippen LogP contribution is 2.48. The molecule has 0 aromatic carbocycles. The van der Waals surface area contributed by atoms with Crippen molar-refractivity contribution in [3.8, 4) is 0 Å². The predicted octanol–water partition coefficient (Wildman–Crippen LogP) is 4.99. The lowest BCUT2D eigenvalue weighted by molar-refractivity contribution is -0.344. The first kappa shape index (κ1) is 25.9. The van der Waals surface area contributed by atoms with Gasteiger partial charge in [0.2, 0.25) is 0 Å². The minimum atomic E-state index is -6.37. The summed E-state index contributed by atoms with van der Waals surface area (Å²) in [7, 11) is 0. The van der Waals surface area contributed by atoms with Crippen molar-refractivity contribution >= 4 is 5.97 Å². The molecule has 0 bridgehead atoms. The van der Waals surface area contributed by atoms with Gasteiger partial charge in [-0.15, -0.1) is 0 Å². The monoisotopic (exact) mass is 415 g/mol. The summed E-state index contributed by atoms with van der Waals surface area (Å²) >= 11 is 0. The third-order valence-corrected chi connectivity index (χ3v) is 3.85. The first-order valence-electron chi connectivity index (χ1n) is 8.63. The molecule has 0 aromatic heterocycles. The van der Waals surface area contributed by atoms with E-state index >= 15 is 0 Å². The lowest BCUT2D eigenvalue weighted by Gasteiger charge is -2.31. The van der Waals surface area contributed by atoms with Crippen LogP contribution in [0.5, 0.6) is 0 Å². The van der Waals surface area contributed by atoms with Gasteiger partial charge in [-0.3, -0.25) is 4.79 Å². The van der Waals surface area contributed by atoms with Crippen molar-refractivity contribution in [2.75, 3.05) is 26.2 Å². The summed E-state index contributed by atoms with van der Waals surface area (Å²) in [5.41, 5.74) is 0. The predicted molar refractivity (Wildman–Crippen MR) is 82.7 cm³/mol. The Morgan fingerprint density at radius 3 is 1.81 bits per heavy atom. The molecule has 0 amide bonds. The molecule has 0 aliphatic rings. The molecule has 0 aliphatic heterocycles. The maximum Gasteiger partial charge on any atom is 0.381 e. The second-order valence-corrected chi connectivity index (χ2v) is 6.16. The Balaban J connectivity index is 4.69. The Kier molecular flexibility index (Phi) is 10.6. The molecule has 3 nitrogen and oxygen atoms in total. The van der Waals surface area contributed by atoms with E-state index < -0.39 is 43.2 Å². The maximum atomic E-state index is 13.3. The van der Waals surface area contributed by atoms with Crippen molar-refractivity contribution in [2.45, 2.75) is 70.1 Å². The maximum absolute atomic E-state index is 13.3. The number of alkyl halides is 8. The Labute approximate surface area is 153 Å². The van der Waals surface area contributed by atoms with Gasteiger partial charge >= 0.3 is 30.2 Å². The number of rotatable bonds is 14. The molecule has 0 spiro atoms. The van der Waals surface area contributed by atoms with Crippen LogP contribution in [-0.4, -0.2) is 61.3 Å². The standard InChI is InChI=1S/C16H25F8NO2/c1-3-5-8-25(9-6-4-2)10-7-12(26)27-11-14(19,20)16(23,24)15(21,22)13(17)18/h13H,3-11H2,1-2H3. The van der Waals surface area contributed by atoms with Crippen molar-refractivity contribution < 1.29 is 44.7 Å². The Morgan fingerprint density at radius 1 is 0.926 bits per heavy atom. The molecule has 27 heavy (non-hydrogen) atoms. The van der Waals surface area contributed by atoms with Crippen LogP contribution in [0.3, 0.4) is 0 Å². The zero-order valence-electron chi connectivity index (χ0n) is 15.2. The molecule has 0 heterocycles. The minimum absolute atomic E-state index is 0.119. The molecule has 11 heteroatoms. The van der Waals surface area contributed by atoms with Crippen molar-refractivity contribution in [1.29, 1.82) is 0 Å².